The summed E-state index contributed by atoms with van der Waals surface area (Å²) in [5.74, 6) is -0.257. The molecule has 0 bridgehead atoms. The lowest BCUT2D eigenvalue weighted by Gasteiger charge is -2.44. The van der Waals surface area contributed by atoms with Gasteiger partial charge in [-0.3, -0.25) is 9.59 Å². The van der Waals surface area contributed by atoms with Crippen molar-refractivity contribution in [2.75, 3.05) is 26.2 Å². The van der Waals surface area contributed by atoms with Crippen molar-refractivity contribution >= 4 is 23.2 Å². The second-order valence-corrected chi connectivity index (χ2v) is 10.6. The zero-order valence-electron chi connectivity index (χ0n) is 20.7. The number of unbranched alkanes of at least 4 members (excludes halogenated alkanes) is 1. The van der Waals surface area contributed by atoms with Gasteiger partial charge in [0.1, 0.15) is 0 Å². The van der Waals surface area contributed by atoms with Gasteiger partial charge < -0.3 is 15.1 Å². The molecule has 2 aliphatic rings. The number of thiophene rings is 1. The Morgan fingerprint density at radius 2 is 1.85 bits per heavy atom. The maximum atomic E-state index is 13.8. The van der Waals surface area contributed by atoms with Crippen molar-refractivity contribution in [1.82, 2.24) is 15.1 Å². The van der Waals surface area contributed by atoms with E-state index in [1.54, 1.807) is 11.3 Å². The number of fused-ring (bicyclic) bond motifs is 1. The van der Waals surface area contributed by atoms with Gasteiger partial charge in [0.15, 0.2) is 0 Å². The lowest BCUT2D eigenvalue weighted by atomic mass is 9.80. The maximum absolute atomic E-state index is 13.8. The van der Waals surface area contributed by atoms with Gasteiger partial charge in [0.2, 0.25) is 5.91 Å². The summed E-state index contributed by atoms with van der Waals surface area (Å²) >= 11 is 1.65. The Balaban J connectivity index is 1.56. The molecule has 2 aromatic rings. The SMILES string of the molecule is CCCCN(CC)CCCNC(=O)C1c2ccccc2C(=O)N(C2CCCC2)C1c1cccs1. The molecule has 0 spiro atoms. The van der Waals surface area contributed by atoms with Gasteiger partial charge in [-0.1, -0.05) is 57.4 Å². The number of hydrogen-bond donors (Lipinski definition) is 1. The first-order chi connectivity index (χ1) is 16.7. The van der Waals surface area contributed by atoms with Gasteiger partial charge in [-0.25, -0.2) is 0 Å². The molecular formula is C28H39N3O2S. The molecule has 5 nitrogen and oxygen atoms in total. The fraction of sp³-hybridized carbons (Fsp3) is 0.571. The number of benzene rings is 1. The summed E-state index contributed by atoms with van der Waals surface area (Å²) in [5, 5.41) is 5.30. The summed E-state index contributed by atoms with van der Waals surface area (Å²) in [5.41, 5.74) is 1.56. The Labute approximate surface area is 208 Å². The molecule has 0 radical (unpaired) electrons. The van der Waals surface area contributed by atoms with Crippen molar-refractivity contribution in [3.8, 4) is 0 Å². The number of nitrogens with zero attached hydrogens (tertiary/aromatic N) is 2. The number of rotatable bonds is 11. The van der Waals surface area contributed by atoms with E-state index in [0.29, 0.717) is 12.1 Å². The quantitative estimate of drug-likeness (QED) is 0.425. The molecule has 2 amide bonds. The average Bonchev–Trinajstić information content (AvgIpc) is 3.58. The predicted molar refractivity (Wildman–Crippen MR) is 139 cm³/mol. The first kappa shape index (κ1) is 24.9. The first-order valence-corrected chi connectivity index (χ1v) is 14.0. The van der Waals surface area contributed by atoms with E-state index in [2.05, 4.69) is 40.4 Å². The monoisotopic (exact) mass is 481 g/mol. The highest BCUT2D eigenvalue weighted by atomic mass is 32.1. The maximum Gasteiger partial charge on any atom is 0.254 e. The zero-order valence-corrected chi connectivity index (χ0v) is 21.5. The van der Waals surface area contributed by atoms with Crippen LogP contribution in [-0.2, 0) is 4.79 Å². The van der Waals surface area contributed by atoms with Crippen LogP contribution in [0, 0.1) is 0 Å². The summed E-state index contributed by atoms with van der Waals surface area (Å²) in [7, 11) is 0. The van der Waals surface area contributed by atoms with Gasteiger partial charge in [0.25, 0.3) is 5.91 Å². The molecular weight excluding hydrogens is 442 g/mol. The van der Waals surface area contributed by atoms with Gasteiger partial charge in [-0.15, -0.1) is 11.3 Å². The van der Waals surface area contributed by atoms with Crippen molar-refractivity contribution in [2.24, 2.45) is 0 Å². The van der Waals surface area contributed by atoms with Gasteiger partial charge in [-0.05, 0) is 68.4 Å². The van der Waals surface area contributed by atoms with E-state index >= 15 is 0 Å². The molecule has 1 aromatic heterocycles. The molecule has 4 rings (SSSR count). The van der Waals surface area contributed by atoms with Crippen LogP contribution in [-0.4, -0.2) is 53.8 Å². The molecule has 1 fully saturated rings. The van der Waals surface area contributed by atoms with Crippen molar-refractivity contribution in [3.63, 3.8) is 0 Å². The Kier molecular flexibility index (Phi) is 8.79. The fourth-order valence-electron chi connectivity index (χ4n) is 5.61. The molecule has 1 aromatic carbocycles. The highest BCUT2D eigenvalue weighted by Crippen LogP contribution is 2.47. The first-order valence-electron chi connectivity index (χ1n) is 13.1. The van der Waals surface area contributed by atoms with Crippen LogP contribution in [0.1, 0.15) is 91.6 Å². The van der Waals surface area contributed by atoms with E-state index in [9.17, 15) is 9.59 Å². The molecule has 1 saturated carbocycles. The fourth-order valence-corrected chi connectivity index (χ4v) is 6.47. The van der Waals surface area contributed by atoms with Gasteiger partial charge >= 0.3 is 0 Å². The minimum Gasteiger partial charge on any atom is -0.355 e. The van der Waals surface area contributed by atoms with Crippen LogP contribution >= 0.6 is 11.3 Å². The Morgan fingerprint density at radius 3 is 2.56 bits per heavy atom. The predicted octanol–water partition coefficient (Wildman–Crippen LogP) is 5.60. The molecule has 1 aliphatic carbocycles. The third-order valence-corrected chi connectivity index (χ3v) is 8.38. The van der Waals surface area contributed by atoms with E-state index in [1.807, 2.05) is 30.3 Å². The number of carbonyl (C=O) groups is 2. The normalized spacial score (nSPS) is 20.7. The largest absolute Gasteiger partial charge is 0.355 e. The Hall–Kier alpha value is -2.18. The molecule has 2 atom stereocenters. The van der Waals surface area contributed by atoms with Crippen molar-refractivity contribution < 1.29 is 9.59 Å². The molecule has 34 heavy (non-hydrogen) atoms. The topological polar surface area (TPSA) is 52.7 Å². The highest BCUT2D eigenvalue weighted by molar-refractivity contribution is 7.10. The lowest BCUT2D eigenvalue weighted by Crippen LogP contribution is -2.50. The molecule has 0 saturated heterocycles. The number of amides is 2. The smallest absolute Gasteiger partial charge is 0.254 e. The van der Waals surface area contributed by atoms with Crippen LogP contribution in [0.3, 0.4) is 0 Å². The molecule has 1 aliphatic heterocycles. The number of hydrogen-bond acceptors (Lipinski definition) is 4. The highest BCUT2D eigenvalue weighted by Gasteiger charge is 2.47. The Morgan fingerprint density at radius 1 is 1.09 bits per heavy atom. The van der Waals surface area contributed by atoms with Crippen LogP contribution in [0.25, 0.3) is 0 Å². The van der Waals surface area contributed by atoms with E-state index in [1.165, 1.54) is 12.8 Å². The van der Waals surface area contributed by atoms with Crippen LogP contribution < -0.4 is 5.32 Å². The van der Waals surface area contributed by atoms with Gasteiger partial charge in [0.05, 0.1) is 12.0 Å². The second kappa shape index (κ2) is 12.0. The summed E-state index contributed by atoms with van der Waals surface area (Å²) < 4.78 is 0. The average molecular weight is 482 g/mol. The molecule has 1 N–H and O–H groups in total. The van der Waals surface area contributed by atoms with Crippen LogP contribution in [0.15, 0.2) is 41.8 Å². The minimum atomic E-state index is -0.379. The van der Waals surface area contributed by atoms with Crippen LogP contribution in [0.4, 0.5) is 0 Å². The Bertz CT molecular complexity index is 939. The van der Waals surface area contributed by atoms with Crippen molar-refractivity contribution in [2.45, 2.75) is 76.8 Å². The summed E-state index contributed by atoms with van der Waals surface area (Å²) in [4.78, 5) is 33.1. The number of nitrogens with one attached hydrogen (secondary N) is 1. The van der Waals surface area contributed by atoms with Crippen molar-refractivity contribution in [1.29, 1.82) is 0 Å². The number of carbonyl (C=O) groups excluding carboxylic acids is 2. The van der Waals surface area contributed by atoms with E-state index in [0.717, 1.165) is 62.2 Å². The van der Waals surface area contributed by atoms with E-state index in [-0.39, 0.29) is 29.8 Å². The zero-order chi connectivity index (χ0) is 23.9. The third kappa shape index (κ3) is 5.38. The molecule has 184 valence electrons. The lowest BCUT2D eigenvalue weighted by molar-refractivity contribution is -0.124. The summed E-state index contributed by atoms with van der Waals surface area (Å²) in [6.45, 7) is 8.25. The van der Waals surface area contributed by atoms with E-state index < -0.39 is 0 Å². The van der Waals surface area contributed by atoms with E-state index in [4.69, 9.17) is 0 Å². The van der Waals surface area contributed by atoms with Crippen LogP contribution in [0.2, 0.25) is 0 Å². The molecule has 6 heteroatoms. The standard InChI is InChI=1S/C28H39N3O2S/c1-3-5-18-30(4-2)19-11-17-29-27(32)25-22-14-8-9-15-23(22)28(33)31(21-12-6-7-13-21)26(25)24-16-10-20-34-24/h8-10,14-16,20-21,25-26H,3-7,11-13,17-19H2,1-2H3,(H,29,32). The summed E-state index contributed by atoms with van der Waals surface area (Å²) in [6.07, 6.45) is 7.70. The third-order valence-electron chi connectivity index (χ3n) is 7.44. The second-order valence-electron chi connectivity index (χ2n) is 9.61. The minimum absolute atomic E-state index is 0.0398. The molecule has 2 heterocycles. The molecule has 2 unspecified atom stereocenters. The van der Waals surface area contributed by atoms with Gasteiger partial charge in [-0.2, -0.15) is 0 Å². The van der Waals surface area contributed by atoms with Crippen LogP contribution in [0.5, 0.6) is 0 Å². The van der Waals surface area contributed by atoms with Crippen molar-refractivity contribution in [3.05, 3.63) is 57.8 Å². The van der Waals surface area contributed by atoms with Gasteiger partial charge in [0, 0.05) is 23.0 Å². The summed E-state index contributed by atoms with van der Waals surface area (Å²) in [6, 6.07) is 11.8.